The number of hydrogen-bond acceptors (Lipinski definition) is 1. The van der Waals surface area contributed by atoms with Crippen molar-refractivity contribution in [2.75, 3.05) is 5.32 Å². The molecule has 2 aromatic rings. The minimum Gasteiger partial charge on any atom is -0.326 e. The van der Waals surface area contributed by atoms with Gasteiger partial charge in [0.2, 0.25) is 5.91 Å². The minimum absolute atomic E-state index is 0.0810. The van der Waals surface area contributed by atoms with E-state index in [4.69, 9.17) is 11.6 Å². The quantitative estimate of drug-likeness (QED) is 0.890. The van der Waals surface area contributed by atoms with Crippen LogP contribution < -0.4 is 5.32 Å². The Hall–Kier alpha value is -1.80. The summed E-state index contributed by atoms with van der Waals surface area (Å²) >= 11 is 6.07. The van der Waals surface area contributed by atoms with E-state index in [1.807, 2.05) is 37.3 Å². The molecule has 1 aliphatic rings. The maximum Gasteiger partial charge on any atom is 0.228 e. The Balaban J connectivity index is 1.65. The van der Waals surface area contributed by atoms with Gasteiger partial charge in [-0.05, 0) is 42.5 Å². The van der Waals surface area contributed by atoms with Gasteiger partial charge < -0.3 is 5.32 Å². The van der Waals surface area contributed by atoms with E-state index in [1.165, 1.54) is 5.56 Å². The molecule has 0 aliphatic heterocycles. The zero-order chi connectivity index (χ0) is 14.1. The fourth-order valence-corrected chi connectivity index (χ4v) is 2.64. The lowest BCUT2D eigenvalue weighted by Crippen LogP contribution is -2.14. The van der Waals surface area contributed by atoms with Crippen LogP contribution in [0.4, 0.5) is 5.69 Å². The Labute approximate surface area is 123 Å². The van der Waals surface area contributed by atoms with E-state index in [-0.39, 0.29) is 11.8 Å². The molecule has 1 aliphatic carbocycles. The van der Waals surface area contributed by atoms with Crippen molar-refractivity contribution in [3.63, 3.8) is 0 Å². The zero-order valence-electron chi connectivity index (χ0n) is 11.3. The van der Waals surface area contributed by atoms with Crippen LogP contribution in [0.2, 0.25) is 5.02 Å². The molecule has 1 N–H and O–H groups in total. The first-order chi connectivity index (χ1) is 9.65. The van der Waals surface area contributed by atoms with Crippen LogP contribution >= 0.6 is 11.6 Å². The summed E-state index contributed by atoms with van der Waals surface area (Å²) in [7, 11) is 0. The number of halogens is 1. The molecule has 0 saturated heterocycles. The maximum absolute atomic E-state index is 12.2. The van der Waals surface area contributed by atoms with Crippen LogP contribution in [-0.4, -0.2) is 5.91 Å². The minimum atomic E-state index is 0.0810. The average molecular weight is 286 g/mol. The van der Waals surface area contributed by atoms with Gasteiger partial charge in [0.1, 0.15) is 0 Å². The first kappa shape index (κ1) is 13.2. The summed E-state index contributed by atoms with van der Waals surface area (Å²) in [6, 6.07) is 15.8. The van der Waals surface area contributed by atoms with Gasteiger partial charge in [-0.3, -0.25) is 4.79 Å². The van der Waals surface area contributed by atoms with Gasteiger partial charge in [-0.25, -0.2) is 0 Å². The molecule has 3 heteroatoms. The summed E-state index contributed by atoms with van der Waals surface area (Å²) in [4.78, 5) is 12.2. The summed E-state index contributed by atoms with van der Waals surface area (Å²) in [5.74, 6) is 0.522. The SMILES string of the molecule is Cc1ccc(NC(=O)C2CC2c2ccccc2)cc1Cl. The van der Waals surface area contributed by atoms with E-state index in [0.717, 1.165) is 17.7 Å². The molecule has 102 valence electrons. The van der Waals surface area contributed by atoms with Gasteiger partial charge in [0.25, 0.3) is 0 Å². The molecular weight excluding hydrogens is 270 g/mol. The van der Waals surface area contributed by atoms with E-state index in [1.54, 1.807) is 6.07 Å². The Bertz CT molecular complexity index is 639. The van der Waals surface area contributed by atoms with Crippen molar-refractivity contribution < 1.29 is 4.79 Å². The molecule has 0 aromatic heterocycles. The lowest BCUT2D eigenvalue weighted by Gasteiger charge is -2.07. The lowest BCUT2D eigenvalue weighted by molar-refractivity contribution is -0.117. The van der Waals surface area contributed by atoms with Crippen LogP contribution in [0.15, 0.2) is 48.5 Å². The molecule has 20 heavy (non-hydrogen) atoms. The lowest BCUT2D eigenvalue weighted by atomic mass is 10.1. The molecule has 1 amide bonds. The van der Waals surface area contributed by atoms with Crippen LogP contribution in [-0.2, 0) is 4.79 Å². The number of benzene rings is 2. The van der Waals surface area contributed by atoms with Gasteiger partial charge >= 0.3 is 0 Å². The Morgan fingerprint density at radius 3 is 2.65 bits per heavy atom. The molecule has 0 bridgehead atoms. The molecule has 3 rings (SSSR count). The van der Waals surface area contributed by atoms with Gasteiger partial charge in [0, 0.05) is 16.6 Å². The predicted octanol–water partition coefficient (Wildman–Crippen LogP) is 4.39. The van der Waals surface area contributed by atoms with Crippen molar-refractivity contribution in [2.45, 2.75) is 19.3 Å². The summed E-state index contributed by atoms with van der Waals surface area (Å²) in [6.45, 7) is 1.94. The summed E-state index contributed by atoms with van der Waals surface area (Å²) in [6.07, 6.45) is 0.926. The third-order valence-corrected chi connectivity index (χ3v) is 4.20. The van der Waals surface area contributed by atoms with Gasteiger partial charge in [0.05, 0.1) is 0 Å². The molecule has 2 unspecified atom stereocenters. The van der Waals surface area contributed by atoms with Gasteiger partial charge in [-0.15, -0.1) is 0 Å². The van der Waals surface area contributed by atoms with Gasteiger partial charge in [-0.1, -0.05) is 48.0 Å². The van der Waals surface area contributed by atoms with Crippen LogP contribution in [0, 0.1) is 12.8 Å². The molecule has 1 saturated carbocycles. The average Bonchev–Trinajstić information content (AvgIpc) is 3.24. The summed E-state index contributed by atoms with van der Waals surface area (Å²) < 4.78 is 0. The normalized spacial score (nSPS) is 20.5. The monoisotopic (exact) mass is 285 g/mol. The Kier molecular flexibility index (Phi) is 3.49. The van der Waals surface area contributed by atoms with Crippen LogP contribution in [0.5, 0.6) is 0 Å². The fraction of sp³-hybridized carbons (Fsp3) is 0.235. The maximum atomic E-state index is 12.2. The summed E-state index contributed by atoms with van der Waals surface area (Å²) in [5, 5.41) is 3.63. The number of carbonyl (C=O) groups excluding carboxylic acids is 1. The Morgan fingerprint density at radius 2 is 1.95 bits per heavy atom. The molecule has 2 nitrogen and oxygen atoms in total. The summed E-state index contributed by atoms with van der Waals surface area (Å²) in [5.41, 5.74) is 3.03. The van der Waals surface area contributed by atoms with Crippen molar-refractivity contribution in [1.29, 1.82) is 0 Å². The molecule has 0 heterocycles. The van der Waals surface area contributed by atoms with Gasteiger partial charge in [0.15, 0.2) is 0 Å². The number of aryl methyl sites for hydroxylation is 1. The topological polar surface area (TPSA) is 29.1 Å². The fourth-order valence-electron chi connectivity index (χ4n) is 2.46. The third-order valence-electron chi connectivity index (χ3n) is 3.79. The number of nitrogens with one attached hydrogen (secondary N) is 1. The van der Waals surface area contributed by atoms with Crippen LogP contribution in [0.3, 0.4) is 0 Å². The predicted molar refractivity (Wildman–Crippen MR) is 82.1 cm³/mol. The molecule has 0 radical (unpaired) electrons. The van der Waals surface area contributed by atoms with Crippen molar-refractivity contribution >= 4 is 23.2 Å². The first-order valence-electron chi connectivity index (χ1n) is 6.77. The highest BCUT2D eigenvalue weighted by Gasteiger charge is 2.43. The van der Waals surface area contributed by atoms with Crippen LogP contribution in [0.1, 0.15) is 23.5 Å². The first-order valence-corrected chi connectivity index (χ1v) is 7.15. The molecule has 0 spiro atoms. The largest absolute Gasteiger partial charge is 0.326 e. The molecule has 1 fully saturated rings. The smallest absolute Gasteiger partial charge is 0.228 e. The number of carbonyl (C=O) groups is 1. The van der Waals surface area contributed by atoms with Gasteiger partial charge in [-0.2, -0.15) is 0 Å². The highest BCUT2D eigenvalue weighted by molar-refractivity contribution is 6.31. The second-order valence-corrected chi connectivity index (χ2v) is 5.72. The zero-order valence-corrected chi connectivity index (χ0v) is 12.0. The molecule has 2 atom stereocenters. The highest BCUT2D eigenvalue weighted by Crippen LogP contribution is 2.47. The van der Waals surface area contributed by atoms with E-state index >= 15 is 0 Å². The van der Waals surface area contributed by atoms with E-state index in [0.29, 0.717) is 10.9 Å². The van der Waals surface area contributed by atoms with Crippen molar-refractivity contribution in [1.82, 2.24) is 0 Å². The standard InChI is InChI=1S/C17H16ClNO/c1-11-7-8-13(9-16(11)18)19-17(20)15-10-14(15)12-5-3-2-4-6-12/h2-9,14-15H,10H2,1H3,(H,19,20). The van der Waals surface area contributed by atoms with Crippen LogP contribution in [0.25, 0.3) is 0 Å². The van der Waals surface area contributed by atoms with E-state index < -0.39 is 0 Å². The highest BCUT2D eigenvalue weighted by atomic mass is 35.5. The van der Waals surface area contributed by atoms with Crippen molar-refractivity contribution in [3.05, 3.63) is 64.7 Å². The van der Waals surface area contributed by atoms with E-state index in [9.17, 15) is 4.79 Å². The number of amides is 1. The third kappa shape index (κ3) is 2.70. The second-order valence-electron chi connectivity index (χ2n) is 5.31. The number of anilines is 1. The van der Waals surface area contributed by atoms with Crippen molar-refractivity contribution in [2.24, 2.45) is 5.92 Å². The number of hydrogen-bond donors (Lipinski definition) is 1. The molecule has 2 aromatic carbocycles. The second kappa shape index (κ2) is 5.29. The van der Waals surface area contributed by atoms with Crippen molar-refractivity contribution in [3.8, 4) is 0 Å². The number of rotatable bonds is 3. The van der Waals surface area contributed by atoms with E-state index in [2.05, 4.69) is 17.4 Å². The Morgan fingerprint density at radius 1 is 1.20 bits per heavy atom. The molecular formula is C17H16ClNO.